The van der Waals surface area contributed by atoms with Crippen molar-refractivity contribution >= 4 is 15.9 Å². The first-order valence-corrected chi connectivity index (χ1v) is 5.93. The number of hydrogen-bond donors (Lipinski definition) is 1. The van der Waals surface area contributed by atoms with Crippen molar-refractivity contribution in [3.8, 4) is 0 Å². The summed E-state index contributed by atoms with van der Waals surface area (Å²) in [4.78, 5) is 0. The number of nitrogens with two attached hydrogens (primary N) is 1. The van der Waals surface area contributed by atoms with Gasteiger partial charge in [-0.15, -0.1) is 0 Å². The lowest BCUT2D eigenvalue weighted by Gasteiger charge is -2.11. The average Bonchev–Trinajstić information content (AvgIpc) is 2.93. The highest BCUT2D eigenvalue weighted by atomic mass is 79.9. The standard InChI is InChI=1S/C10H16BrN3/c1-7(4-12)6-14-10(8-2-3-8)9(11)5-13-14/h5,7-8H,2-4,6,12H2,1H3. The molecule has 1 atom stereocenters. The van der Waals surface area contributed by atoms with Crippen molar-refractivity contribution in [3.05, 3.63) is 16.4 Å². The first kappa shape index (κ1) is 10.2. The highest BCUT2D eigenvalue weighted by Gasteiger charge is 2.29. The fourth-order valence-corrected chi connectivity index (χ4v) is 2.27. The molecule has 0 amide bonds. The van der Waals surface area contributed by atoms with Gasteiger partial charge in [0.05, 0.1) is 16.4 Å². The van der Waals surface area contributed by atoms with E-state index in [4.69, 9.17) is 5.73 Å². The van der Waals surface area contributed by atoms with E-state index in [2.05, 4.69) is 32.6 Å². The summed E-state index contributed by atoms with van der Waals surface area (Å²) in [5, 5.41) is 4.38. The fraction of sp³-hybridized carbons (Fsp3) is 0.700. The molecule has 1 aromatic rings. The predicted molar refractivity (Wildman–Crippen MR) is 60.1 cm³/mol. The SMILES string of the molecule is CC(CN)Cn1ncc(Br)c1C1CC1. The molecular weight excluding hydrogens is 242 g/mol. The van der Waals surface area contributed by atoms with Gasteiger partial charge in [0, 0.05) is 12.5 Å². The molecule has 3 nitrogen and oxygen atoms in total. The molecule has 78 valence electrons. The predicted octanol–water partition coefficient (Wildman–Crippen LogP) is 2.12. The minimum Gasteiger partial charge on any atom is -0.330 e. The van der Waals surface area contributed by atoms with Crippen LogP contribution in [0.4, 0.5) is 0 Å². The van der Waals surface area contributed by atoms with E-state index in [-0.39, 0.29) is 0 Å². The van der Waals surface area contributed by atoms with Gasteiger partial charge in [-0.3, -0.25) is 4.68 Å². The highest BCUT2D eigenvalue weighted by Crippen LogP contribution is 2.43. The van der Waals surface area contributed by atoms with E-state index in [0.717, 1.165) is 23.5 Å². The molecule has 1 saturated carbocycles. The third kappa shape index (κ3) is 2.01. The summed E-state index contributed by atoms with van der Waals surface area (Å²) >= 11 is 3.55. The van der Waals surface area contributed by atoms with Gasteiger partial charge in [-0.05, 0) is 41.2 Å². The maximum Gasteiger partial charge on any atom is 0.0635 e. The zero-order valence-electron chi connectivity index (χ0n) is 8.41. The second kappa shape index (κ2) is 4.03. The molecule has 2 N–H and O–H groups in total. The summed E-state index contributed by atoms with van der Waals surface area (Å²) in [7, 11) is 0. The van der Waals surface area contributed by atoms with Crippen LogP contribution in [-0.2, 0) is 6.54 Å². The molecule has 14 heavy (non-hydrogen) atoms. The van der Waals surface area contributed by atoms with E-state index in [1.165, 1.54) is 18.5 Å². The molecule has 1 aliphatic rings. The van der Waals surface area contributed by atoms with Gasteiger partial charge in [-0.1, -0.05) is 6.92 Å². The Labute approximate surface area is 92.8 Å². The average molecular weight is 258 g/mol. The Morgan fingerprint density at radius 2 is 2.43 bits per heavy atom. The molecular formula is C10H16BrN3. The molecule has 0 bridgehead atoms. The van der Waals surface area contributed by atoms with Crippen LogP contribution < -0.4 is 5.73 Å². The Morgan fingerprint density at radius 1 is 1.71 bits per heavy atom. The van der Waals surface area contributed by atoms with Gasteiger partial charge < -0.3 is 5.73 Å². The van der Waals surface area contributed by atoms with Gasteiger partial charge in [0.2, 0.25) is 0 Å². The Kier molecular flexibility index (Phi) is 2.93. The van der Waals surface area contributed by atoms with Gasteiger partial charge >= 0.3 is 0 Å². The second-order valence-electron chi connectivity index (χ2n) is 4.18. The third-order valence-corrected chi connectivity index (χ3v) is 3.30. The number of nitrogens with zero attached hydrogens (tertiary/aromatic N) is 2. The summed E-state index contributed by atoms with van der Waals surface area (Å²) in [6.45, 7) is 3.82. The number of hydrogen-bond acceptors (Lipinski definition) is 2. The lowest BCUT2D eigenvalue weighted by Crippen LogP contribution is -2.19. The Morgan fingerprint density at radius 3 is 3.00 bits per heavy atom. The topological polar surface area (TPSA) is 43.8 Å². The Balaban J connectivity index is 2.15. The molecule has 0 spiro atoms. The maximum absolute atomic E-state index is 5.62. The summed E-state index contributed by atoms with van der Waals surface area (Å²) in [5.41, 5.74) is 6.98. The van der Waals surface area contributed by atoms with Crippen LogP contribution in [0.3, 0.4) is 0 Å². The summed E-state index contributed by atoms with van der Waals surface area (Å²) in [6.07, 6.45) is 4.51. The van der Waals surface area contributed by atoms with E-state index >= 15 is 0 Å². The lowest BCUT2D eigenvalue weighted by molar-refractivity contribution is 0.446. The third-order valence-electron chi connectivity index (χ3n) is 2.68. The van der Waals surface area contributed by atoms with Crippen molar-refractivity contribution in [2.75, 3.05) is 6.54 Å². The van der Waals surface area contributed by atoms with Gasteiger partial charge in [0.1, 0.15) is 0 Å². The maximum atomic E-state index is 5.62. The minimum atomic E-state index is 0.499. The molecule has 4 heteroatoms. The monoisotopic (exact) mass is 257 g/mol. The molecule has 1 unspecified atom stereocenters. The zero-order chi connectivity index (χ0) is 10.1. The van der Waals surface area contributed by atoms with E-state index in [1.54, 1.807) is 0 Å². The van der Waals surface area contributed by atoms with Crippen molar-refractivity contribution in [2.45, 2.75) is 32.2 Å². The lowest BCUT2D eigenvalue weighted by atomic mass is 10.2. The van der Waals surface area contributed by atoms with Gasteiger partial charge in [-0.2, -0.15) is 5.10 Å². The molecule has 0 aliphatic heterocycles. The molecule has 1 heterocycles. The first-order chi connectivity index (χ1) is 6.72. The second-order valence-corrected chi connectivity index (χ2v) is 5.03. The molecule has 1 aromatic heterocycles. The Hall–Kier alpha value is -0.350. The number of halogens is 1. The van der Waals surface area contributed by atoms with Crippen LogP contribution in [0.15, 0.2) is 10.7 Å². The van der Waals surface area contributed by atoms with Crippen LogP contribution in [0.2, 0.25) is 0 Å². The summed E-state index contributed by atoms with van der Waals surface area (Å²) in [5.74, 6) is 1.23. The van der Waals surface area contributed by atoms with Crippen LogP contribution in [-0.4, -0.2) is 16.3 Å². The minimum absolute atomic E-state index is 0.499. The van der Waals surface area contributed by atoms with Crippen molar-refractivity contribution in [1.29, 1.82) is 0 Å². The number of aromatic nitrogens is 2. The van der Waals surface area contributed by atoms with Crippen molar-refractivity contribution in [2.24, 2.45) is 11.7 Å². The molecule has 2 rings (SSSR count). The number of rotatable bonds is 4. The van der Waals surface area contributed by atoms with E-state index < -0.39 is 0 Å². The smallest absolute Gasteiger partial charge is 0.0635 e. The zero-order valence-corrected chi connectivity index (χ0v) is 10.00. The fourth-order valence-electron chi connectivity index (χ4n) is 1.65. The van der Waals surface area contributed by atoms with Crippen LogP contribution in [0, 0.1) is 5.92 Å². The van der Waals surface area contributed by atoms with Crippen LogP contribution in [0.1, 0.15) is 31.4 Å². The van der Waals surface area contributed by atoms with Gasteiger partial charge in [-0.25, -0.2) is 0 Å². The van der Waals surface area contributed by atoms with E-state index in [0.29, 0.717) is 5.92 Å². The van der Waals surface area contributed by atoms with Crippen molar-refractivity contribution in [1.82, 2.24) is 9.78 Å². The van der Waals surface area contributed by atoms with Crippen LogP contribution in [0.25, 0.3) is 0 Å². The molecule has 1 aliphatic carbocycles. The largest absolute Gasteiger partial charge is 0.330 e. The summed E-state index contributed by atoms with van der Waals surface area (Å²) in [6, 6.07) is 0. The highest BCUT2D eigenvalue weighted by molar-refractivity contribution is 9.10. The summed E-state index contributed by atoms with van der Waals surface area (Å²) < 4.78 is 3.27. The van der Waals surface area contributed by atoms with E-state index in [9.17, 15) is 0 Å². The van der Waals surface area contributed by atoms with Gasteiger partial charge in [0.25, 0.3) is 0 Å². The van der Waals surface area contributed by atoms with Crippen molar-refractivity contribution in [3.63, 3.8) is 0 Å². The van der Waals surface area contributed by atoms with Crippen LogP contribution >= 0.6 is 15.9 Å². The van der Waals surface area contributed by atoms with E-state index in [1.807, 2.05) is 6.20 Å². The van der Waals surface area contributed by atoms with Crippen molar-refractivity contribution < 1.29 is 0 Å². The quantitative estimate of drug-likeness (QED) is 0.898. The molecule has 0 saturated heterocycles. The van der Waals surface area contributed by atoms with Crippen LogP contribution in [0.5, 0.6) is 0 Å². The Bertz CT molecular complexity index is 317. The molecule has 0 aromatic carbocycles. The molecule has 0 radical (unpaired) electrons. The molecule has 1 fully saturated rings. The first-order valence-electron chi connectivity index (χ1n) is 5.13. The van der Waals surface area contributed by atoms with Gasteiger partial charge in [0.15, 0.2) is 0 Å². The normalized spacial score (nSPS) is 18.5.